The second-order valence-electron chi connectivity index (χ2n) is 5.96. The van der Waals surface area contributed by atoms with Crippen LogP contribution in [-0.2, 0) is 0 Å². The maximum atomic E-state index is 6.30. The number of nitrogens with two attached hydrogens (primary N) is 1. The number of nitrogens with zero attached hydrogens (tertiary/aromatic N) is 1. The summed E-state index contributed by atoms with van der Waals surface area (Å²) in [6.07, 6.45) is 2.64. The Bertz CT molecular complexity index is 384. The summed E-state index contributed by atoms with van der Waals surface area (Å²) in [6.45, 7) is 10.2. The van der Waals surface area contributed by atoms with Crippen LogP contribution >= 0.6 is 11.3 Å². The van der Waals surface area contributed by atoms with Crippen LogP contribution in [0, 0.1) is 12.8 Å². The van der Waals surface area contributed by atoms with Crippen molar-refractivity contribution in [2.75, 3.05) is 6.54 Å². The summed E-state index contributed by atoms with van der Waals surface area (Å²) in [5.41, 5.74) is 7.70. The van der Waals surface area contributed by atoms with Crippen molar-refractivity contribution in [1.29, 1.82) is 0 Å². The van der Waals surface area contributed by atoms with Crippen LogP contribution in [-0.4, -0.2) is 23.5 Å². The third-order valence-electron chi connectivity index (χ3n) is 4.14. The van der Waals surface area contributed by atoms with Crippen molar-refractivity contribution in [3.8, 4) is 0 Å². The molecule has 0 saturated carbocycles. The second kappa shape index (κ2) is 5.72. The third-order valence-corrected chi connectivity index (χ3v) is 5.23. The molecule has 2 nitrogen and oxygen atoms in total. The van der Waals surface area contributed by atoms with Crippen molar-refractivity contribution in [3.63, 3.8) is 0 Å². The highest BCUT2D eigenvalue weighted by Gasteiger charge is 2.35. The molecule has 0 spiro atoms. The van der Waals surface area contributed by atoms with Crippen molar-refractivity contribution in [2.45, 2.75) is 58.7 Å². The first-order valence-corrected chi connectivity index (χ1v) is 7.95. The molecule has 2 rings (SSSR count). The Morgan fingerprint density at radius 1 is 1.39 bits per heavy atom. The molecule has 0 bridgehead atoms. The SMILES string of the molecule is Cc1ccsc1C(C(C)N)N1CCCC1C(C)C. The van der Waals surface area contributed by atoms with E-state index in [1.165, 1.54) is 29.8 Å². The average molecular weight is 266 g/mol. The van der Waals surface area contributed by atoms with Crippen LogP contribution in [0.3, 0.4) is 0 Å². The summed E-state index contributed by atoms with van der Waals surface area (Å²) in [5.74, 6) is 0.717. The van der Waals surface area contributed by atoms with Gasteiger partial charge in [-0.15, -0.1) is 11.3 Å². The van der Waals surface area contributed by atoms with E-state index in [1.54, 1.807) is 0 Å². The number of aryl methyl sites for hydroxylation is 1. The molecule has 0 aliphatic carbocycles. The van der Waals surface area contributed by atoms with Gasteiger partial charge in [0.15, 0.2) is 0 Å². The van der Waals surface area contributed by atoms with E-state index < -0.39 is 0 Å². The molecule has 0 radical (unpaired) electrons. The predicted molar refractivity (Wildman–Crippen MR) is 80.0 cm³/mol. The van der Waals surface area contributed by atoms with Gasteiger partial charge in [-0.2, -0.15) is 0 Å². The molecule has 1 aliphatic rings. The number of thiophene rings is 1. The summed E-state index contributed by atoms with van der Waals surface area (Å²) in [7, 11) is 0. The van der Waals surface area contributed by atoms with Gasteiger partial charge in [0.25, 0.3) is 0 Å². The molecule has 2 heterocycles. The number of hydrogen-bond donors (Lipinski definition) is 1. The molecule has 1 aromatic heterocycles. The van der Waals surface area contributed by atoms with E-state index in [1.807, 2.05) is 11.3 Å². The zero-order valence-corrected chi connectivity index (χ0v) is 12.8. The maximum Gasteiger partial charge on any atom is 0.0595 e. The third kappa shape index (κ3) is 2.63. The Morgan fingerprint density at radius 2 is 2.11 bits per heavy atom. The first-order valence-electron chi connectivity index (χ1n) is 7.07. The molecule has 0 aromatic carbocycles. The lowest BCUT2D eigenvalue weighted by atomic mass is 9.97. The van der Waals surface area contributed by atoms with Crippen LogP contribution in [0.4, 0.5) is 0 Å². The molecule has 2 N–H and O–H groups in total. The monoisotopic (exact) mass is 266 g/mol. The average Bonchev–Trinajstić information content (AvgIpc) is 2.89. The van der Waals surface area contributed by atoms with Gasteiger partial charge in [0.2, 0.25) is 0 Å². The van der Waals surface area contributed by atoms with E-state index in [0.717, 1.165) is 0 Å². The van der Waals surface area contributed by atoms with E-state index in [0.29, 0.717) is 18.0 Å². The number of rotatable bonds is 4. The summed E-state index contributed by atoms with van der Waals surface area (Å²) in [6, 6.07) is 3.51. The summed E-state index contributed by atoms with van der Waals surface area (Å²) < 4.78 is 0. The zero-order valence-electron chi connectivity index (χ0n) is 12.0. The second-order valence-corrected chi connectivity index (χ2v) is 6.91. The smallest absolute Gasteiger partial charge is 0.0595 e. The van der Waals surface area contributed by atoms with E-state index in [4.69, 9.17) is 5.73 Å². The Kier molecular flexibility index (Phi) is 4.46. The number of hydrogen-bond acceptors (Lipinski definition) is 3. The Balaban J connectivity index is 2.28. The highest BCUT2D eigenvalue weighted by atomic mass is 32.1. The van der Waals surface area contributed by atoms with Gasteiger partial charge in [0.1, 0.15) is 0 Å². The van der Waals surface area contributed by atoms with Crippen molar-refractivity contribution in [2.24, 2.45) is 11.7 Å². The highest BCUT2D eigenvalue weighted by molar-refractivity contribution is 7.10. The standard InChI is InChI=1S/C15H26N2S/c1-10(2)13-6-5-8-17(13)14(12(4)16)15-11(3)7-9-18-15/h7,9-10,12-14H,5-6,8,16H2,1-4H3. The van der Waals surface area contributed by atoms with Crippen LogP contribution in [0.25, 0.3) is 0 Å². The minimum absolute atomic E-state index is 0.196. The van der Waals surface area contributed by atoms with E-state index in [9.17, 15) is 0 Å². The normalized spacial score (nSPS) is 24.7. The van der Waals surface area contributed by atoms with Crippen LogP contribution in [0.15, 0.2) is 11.4 Å². The lowest BCUT2D eigenvalue weighted by molar-refractivity contribution is 0.132. The topological polar surface area (TPSA) is 29.3 Å². The fraction of sp³-hybridized carbons (Fsp3) is 0.733. The van der Waals surface area contributed by atoms with Crippen LogP contribution < -0.4 is 5.73 Å². The Hall–Kier alpha value is -0.380. The van der Waals surface area contributed by atoms with Gasteiger partial charge in [-0.25, -0.2) is 0 Å². The van der Waals surface area contributed by atoms with Gasteiger partial charge in [0, 0.05) is 17.0 Å². The molecule has 3 unspecified atom stereocenters. The highest BCUT2D eigenvalue weighted by Crippen LogP contribution is 2.37. The Morgan fingerprint density at radius 3 is 2.61 bits per heavy atom. The van der Waals surface area contributed by atoms with Gasteiger partial charge in [-0.05, 0) is 56.2 Å². The molecule has 18 heavy (non-hydrogen) atoms. The molecule has 102 valence electrons. The van der Waals surface area contributed by atoms with Gasteiger partial charge in [0.05, 0.1) is 6.04 Å². The molecule has 3 atom stereocenters. The largest absolute Gasteiger partial charge is 0.326 e. The van der Waals surface area contributed by atoms with Crippen molar-refractivity contribution >= 4 is 11.3 Å². The fourth-order valence-electron chi connectivity index (χ4n) is 3.26. The maximum absolute atomic E-state index is 6.30. The first kappa shape index (κ1) is 14.0. The van der Waals surface area contributed by atoms with Gasteiger partial charge >= 0.3 is 0 Å². The number of likely N-dealkylation sites (tertiary alicyclic amines) is 1. The summed E-state index contributed by atoms with van der Waals surface area (Å²) in [4.78, 5) is 4.13. The summed E-state index contributed by atoms with van der Waals surface area (Å²) >= 11 is 1.86. The molecule has 3 heteroatoms. The fourth-order valence-corrected chi connectivity index (χ4v) is 4.42. The van der Waals surface area contributed by atoms with Crippen molar-refractivity contribution in [1.82, 2.24) is 4.90 Å². The molecule has 1 aliphatic heterocycles. The first-order chi connectivity index (χ1) is 8.52. The lowest BCUT2D eigenvalue weighted by Crippen LogP contribution is -2.43. The van der Waals surface area contributed by atoms with Crippen LogP contribution in [0.1, 0.15) is 50.1 Å². The van der Waals surface area contributed by atoms with Crippen LogP contribution in [0.5, 0.6) is 0 Å². The lowest BCUT2D eigenvalue weighted by Gasteiger charge is -2.37. The van der Waals surface area contributed by atoms with Crippen molar-refractivity contribution < 1.29 is 0 Å². The summed E-state index contributed by atoms with van der Waals surface area (Å²) in [5, 5.41) is 2.19. The van der Waals surface area contributed by atoms with Gasteiger partial charge in [-0.1, -0.05) is 13.8 Å². The molecule has 1 saturated heterocycles. The zero-order chi connectivity index (χ0) is 13.3. The van der Waals surface area contributed by atoms with Crippen LogP contribution in [0.2, 0.25) is 0 Å². The predicted octanol–water partition coefficient (Wildman–Crippen LogP) is 3.57. The van der Waals surface area contributed by atoms with Gasteiger partial charge in [-0.3, -0.25) is 4.90 Å². The van der Waals surface area contributed by atoms with E-state index in [-0.39, 0.29) is 6.04 Å². The quantitative estimate of drug-likeness (QED) is 0.903. The molecule has 1 aromatic rings. The van der Waals surface area contributed by atoms with E-state index >= 15 is 0 Å². The van der Waals surface area contributed by atoms with E-state index in [2.05, 4.69) is 44.0 Å². The minimum Gasteiger partial charge on any atom is -0.326 e. The molecule has 1 fully saturated rings. The molecular weight excluding hydrogens is 240 g/mol. The Labute approximate surface area is 115 Å². The van der Waals surface area contributed by atoms with Crippen molar-refractivity contribution in [3.05, 3.63) is 21.9 Å². The van der Waals surface area contributed by atoms with Gasteiger partial charge < -0.3 is 5.73 Å². The minimum atomic E-state index is 0.196. The molecular formula is C15H26N2S. The molecule has 0 amide bonds.